The Labute approximate surface area is 163 Å². The van der Waals surface area contributed by atoms with E-state index in [0.29, 0.717) is 17.9 Å². The third-order valence-corrected chi connectivity index (χ3v) is 4.63. The van der Waals surface area contributed by atoms with Crippen molar-refractivity contribution in [3.05, 3.63) is 78.0 Å². The minimum absolute atomic E-state index is 0.192. The summed E-state index contributed by atoms with van der Waals surface area (Å²) < 4.78 is 5.34. The Hall–Kier alpha value is -3.41. The molecule has 0 fully saturated rings. The molecular formula is C22H21N3O3. The second-order valence-electron chi connectivity index (χ2n) is 6.71. The van der Waals surface area contributed by atoms with Gasteiger partial charge in [0, 0.05) is 18.1 Å². The molecule has 1 aliphatic rings. The van der Waals surface area contributed by atoms with E-state index in [-0.39, 0.29) is 12.5 Å². The molecule has 4 rings (SSSR count). The van der Waals surface area contributed by atoms with E-state index in [4.69, 9.17) is 9.36 Å². The normalized spacial score (nSPS) is 15.7. The Morgan fingerprint density at radius 2 is 1.79 bits per heavy atom. The summed E-state index contributed by atoms with van der Waals surface area (Å²) in [5.74, 6) is 0.483. The molecule has 1 aromatic heterocycles. The number of hydrogen-bond donors (Lipinski definition) is 1. The maximum atomic E-state index is 12.3. The van der Waals surface area contributed by atoms with E-state index in [0.717, 1.165) is 24.1 Å². The highest BCUT2D eigenvalue weighted by molar-refractivity contribution is 5.92. The predicted octanol–water partition coefficient (Wildman–Crippen LogP) is 3.74. The van der Waals surface area contributed by atoms with E-state index in [2.05, 4.69) is 27.8 Å². The van der Waals surface area contributed by atoms with Gasteiger partial charge in [-0.15, -0.1) is 0 Å². The second-order valence-corrected chi connectivity index (χ2v) is 6.71. The van der Waals surface area contributed by atoms with Gasteiger partial charge in [-0.1, -0.05) is 71.0 Å². The summed E-state index contributed by atoms with van der Waals surface area (Å²) >= 11 is 0. The number of aryl methyl sites for hydroxylation is 1. The minimum atomic E-state index is -0.578. The van der Waals surface area contributed by atoms with E-state index in [1.54, 1.807) is 0 Å². The summed E-state index contributed by atoms with van der Waals surface area (Å²) in [6.45, 7) is 0.286. The molecule has 0 radical (unpaired) electrons. The number of nitrogens with zero attached hydrogens (tertiary/aromatic N) is 2. The van der Waals surface area contributed by atoms with Crippen LogP contribution in [-0.4, -0.2) is 22.9 Å². The Morgan fingerprint density at radius 3 is 2.57 bits per heavy atom. The number of amides is 1. The van der Waals surface area contributed by atoms with Crippen LogP contribution in [0.3, 0.4) is 0 Å². The van der Waals surface area contributed by atoms with E-state index in [1.807, 2.05) is 54.6 Å². The highest BCUT2D eigenvalue weighted by atomic mass is 16.6. The van der Waals surface area contributed by atoms with Crippen LogP contribution in [-0.2, 0) is 22.6 Å². The van der Waals surface area contributed by atoms with Crippen LogP contribution in [0.4, 0.5) is 0 Å². The third-order valence-electron chi connectivity index (χ3n) is 4.63. The zero-order chi connectivity index (χ0) is 19.2. The Balaban J connectivity index is 1.23. The molecule has 6 nitrogen and oxygen atoms in total. The maximum absolute atomic E-state index is 12.3. The maximum Gasteiger partial charge on any atom is 0.264 e. The smallest absolute Gasteiger partial charge is 0.264 e. The lowest BCUT2D eigenvalue weighted by Gasteiger charge is -2.08. The number of benzene rings is 2. The minimum Gasteiger partial charge on any atom is -0.382 e. The molecule has 2 heterocycles. The zero-order valence-electron chi connectivity index (χ0n) is 15.4. The first kappa shape index (κ1) is 18.0. The number of aromatic nitrogens is 1. The Morgan fingerprint density at radius 1 is 1.04 bits per heavy atom. The molecule has 0 aliphatic carbocycles. The fraction of sp³-hybridized carbons (Fsp3) is 0.227. The summed E-state index contributed by atoms with van der Waals surface area (Å²) in [5.41, 5.74) is 3.77. The number of oxime groups is 1. The summed E-state index contributed by atoms with van der Waals surface area (Å²) in [5, 5.41) is 10.9. The molecule has 142 valence electrons. The van der Waals surface area contributed by atoms with Crippen LogP contribution < -0.4 is 5.32 Å². The van der Waals surface area contributed by atoms with Gasteiger partial charge >= 0.3 is 0 Å². The molecule has 1 N–H and O–H groups in total. The molecule has 0 saturated heterocycles. The molecular weight excluding hydrogens is 354 g/mol. The average molecular weight is 375 g/mol. The van der Waals surface area contributed by atoms with Gasteiger partial charge < -0.3 is 14.7 Å². The molecule has 0 unspecified atom stereocenters. The van der Waals surface area contributed by atoms with Crippen LogP contribution >= 0.6 is 0 Å². The van der Waals surface area contributed by atoms with Gasteiger partial charge in [0.15, 0.2) is 5.76 Å². The Kier molecular flexibility index (Phi) is 5.47. The third kappa shape index (κ3) is 4.46. The first-order valence-corrected chi connectivity index (χ1v) is 9.32. The van der Waals surface area contributed by atoms with Crippen molar-refractivity contribution < 1.29 is 14.2 Å². The monoisotopic (exact) mass is 375 g/mol. The topological polar surface area (TPSA) is 76.7 Å². The molecule has 1 amide bonds. The molecule has 1 aliphatic heterocycles. The lowest BCUT2D eigenvalue weighted by Crippen LogP contribution is -2.34. The average Bonchev–Trinajstić information content (AvgIpc) is 3.42. The van der Waals surface area contributed by atoms with Crippen molar-refractivity contribution in [1.82, 2.24) is 10.5 Å². The van der Waals surface area contributed by atoms with Gasteiger partial charge in [0.1, 0.15) is 5.69 Å². The van der Waals surface area contributed by atoms with Crippen LogP contribution in [0.5, 0.6) is 0 Å². The molecule has 28 heavy (non-hydrogen) atoms. The van der Waals surface area contributed by atoms with Crippen molar-refractivity contribution in [2.75, 3.05) is 0 Å². The fourth-order valence-electron chi connectivity index (χ4n) is 3.07. The highest BCUT2D eigenvalue weighted by Crippen LogP contribution is 2.20. The predicted molar refractivity (Wildman–Crippen MR) is 105 cm³/mol. The molecule has 3 aromatic rings. The SMILES string of the molecule is O=C(NCc1cc(-c2ccccc2)on1)[C@H]1CC(CCc2ccccc2)=NO1. The fourth-order valence-corrected chi connectivity index (χ4v) is 3.07. The molecule has 0 bridgehead atoms. The quantitative estimate of drug-likeness (QED) is 0.683. The lowest BCUT2D eigenvalue weighted by molar-refractivity contribution is -0.131. The zero-order valence-corrected chi connectivity index (χ0v) is 15.4. The molecule has 6 heteroatoms. The van der Waals surface area contributed by atoms with Gasteiger partial charge in [-0.2, -0.15) is 0 Å². The van der Waals surface area contributed by atoms with Gasteiger partial charge in [0.2, 0.25) is 6.10 Å². The van der Waals surface area contributed by atoms with Crippen molar-refractivity contribution in [2.45, 2.75) is 31.9 Å². The van der Waals surface area contributed by atoms with Gasteiger partial charge in [-0.05, 0) is 18.4 Å². The number of carbonyl (C=O) groups is 1. The summed E-state index contributed by atoms with van der Waals surface area (Å²) in [4.78, 5) is 17.7. The summed E-state index contributed by atoms with van der Waals surface area (Å²) in [6.07, 6.45) is 1.62. The Bertz CT molecular complexity index is 951. The first-order valence-electron chi connectivity index (χ1n) is 9.32. The van der Waals surface area contributed by atoms with E-state index in [1.165, 1.54) is 5.56 Å². The number of nitrogens with one attached hydrogen (secondary N) is 1. The molecule has 2 aromatic carbocycles. The van der Waals surface area contributed by atoms with Crippen molar-refractivity contribution in [3.8, 4) is 11.3 Å². The van der Waals surface area contributed by atoms with E-state index in [9.17, 15) is 4.79 Å². The van der Waals surface area contributed by atoms with Crippen LogP contribution in [0, 0.1) is 0 Å². The standard InChI is InChI=1S/C22H21N3O3/c26-22(21-13-18(24-28-21)12-11-16-7-3-1-4-8-16)23-15-19-14-20(27-25-19)17-9-5-2-6-10-17/h1-10,14,21H,11-13,15H2,(H,23,26)/t21-/m1/s1. The number of hydrogen-bond acceptors (Lipinski definition) is 5. The highest BCUT2D eigenvalue weighted by Gasteiger charge is 2.27. The number of carbonyl (C=O) groups excluding carboxylic acids is 1. The van der Waals surface area contributed by atoms with Gasteiger partial charge in [-0.3, -0.25) is 4.79 Å². The summed E-state index contributed by atoms with van der Waals surface area (Å²) in [7, 11) is 0. The number of rotatable bonds is 7. The largest absolute Gasteiger partial charge is 0.382 e. The molecule has 0 saturated carbocycles. The first-order chi connectivity index (χ1) is 13.8. The van der Waals surface area contributed by atoms with Gasteiger partial charge in [0.05, 0.1) is 12.3 Å². The van der Waals surface area contributed by atoms with Gasteiger partial charge in [-0.25, -0.2) is 0 Å². The van der Waals surface area contributed by atoms with Crippen molar-refractivity contribution in [2.24, 2.45) is 5.16 Å². The van der Waals surface area contributed by atoms with Crippen LogP contribution in [0.25, 0.3) is 11.3 Å². The van der Waals surface area contributed by atoms with Crippen LogP contribution in [0.1, 0.15) is 24.1 Å². The van der Waals surface area contributed by atoms with Gasteiger partial charge in [0.25, 0.3) is 5.91 Å². The van der Waals surface area contributed by atoms with Crippen LogP contribution in [0.2, 0.25) is 0 Å². The van der Waals surface area contributed by atoms with E-state index >= 15 is 0 Å². The second kappa shape index (κ2) is 8.52. The molecule has 1 atom stereocenters. The van der Waals surface area contributed by atoms with Crippen LogP contribution in [0.15, 0.2) is 76.4 Å². The lowest BCUT2D eigenvalue weighted by atomic mass is 10.0. The van der Waals surface area contributed by atoms with E-state index < -0.39 is 6.10 Å². The molecule has 0 spiro atoms. The van der Waals surface area contributed by atoms with Crippen molar-refractivity contribution in [3.63, 3.8) is 0 Å². The van der Waals surface area contributed by atoms with Crippen molar-refractivity contribution in [1.29, 1.82) is 0 Å². The van der Waals surface area contributed by atoms with Crippen molar-refractivity contribution >= 4 is 11.6 Å². The summed E-state index contributed by atoms with van der Waals surface area (Å²) in [6, 6.07) is 21.7.